The summed E-state index contributed by atoms with van der Waals surface area (Å²) >= 11 is -0.358. The summed E-state index contributed by atoms with van der Waals surface area (Å²) in [6, 6.07) is 0. The van der Waals surface area contributed by atoms with Crippen molar-refractivity contribution in [1.29, 1.82) is 0 Å². The first-order valence-corrected chi connectivity index (χ1v) is 6.88. The van der Waals surface area contributed by atoms with E-state index in [0.717, 1.165) is 0 Å². The van der Waals surface area contributed by atoms with Crippen LogP contribution >= 0.6 is 37.8 Å². The molecule has 8 nitrogen and oxygen atoms in total. The molecule has 0 radical (unpaired) electrons. The largest absolute Gasteiger partial charge is 2.00 e. The third-order valence-corrected chi connectivity index (χ3v) is 3.54. The second-order valence-corrected chi connectivity index (χ2v) is 5.25. The monoisotopic (exact) mass is 382 g/mol. The van der Waals surface area contributed by atoms with Gasteiger partial charge in [-0.05, 0) is 0 Å². The summed E-state index contributed by atoms with van der Waals surface area (Å²) in [5, 5.41) is 0. The van der Waals surface area contributed by atoms with Crippen molar-refractivity contribution in [2.45, 2.75) is 0 Å². The van der Waals surface area contributed by atoms with Crippen LogP contribution in [0, 0.1) is 0 Å². The van der Waals surface area contributed by atoms with Crippen molar-refractivity contribution in [3.8, 4) is 0 Å². The zero-order chi connectivity index (χ0) is 9.83. The number of phosphoric acid groups is 2. The van der Waals surface area contributed by atoms with Gasteiger partial charge in [0.2, 0.25) is 0 Å². The zero-order valence-corrected chi connectivity index (χ0v) is 15.7. The molecule has 0 saturated carbocycles. The van der Waals surface area contributed by atoms with E-state index in [-0.39, 0.29) is 61.1 Å². The van der Waals surface area contributed by atoms with Gasteiger partial charge in [-0.1, -0.05) is 0 Å². The first-order valence-electron chi connectivity index (χ1n) is 1.96. The van der Waals surface area contributed by atoms with Crippen molar-refractivity contribution >= 4 is 37.8 Å². The van der Waals surface area contributed by atoms with E-state index in [9.17, 15) is 28.7 Å². The maximum Gasteiger partial charge on any atom is 2.00 e. The molecule has 14 heteroatoms. The van der Waals surface area contributed by atoms with Crippen molar-refractivity contribution in [2.75, 3.05) is 0 Å². The molecule has 0 unspecified atom stereocenters. The number of rotatable bonds is 5. The Morgan fingerprint density at radius 1 is 0.786 bits per heavy atom. The topological polar surface area (TPSA) is 145 Å². The van der Waals surface area contributed by atoms with Gasteiger partial charge < -0.3 is 28.7 Å². The van der Waals surface area contributed by atoms with E-state index in [4.69, 9.17) is 0 Å². The van der Waals surface area contributed by atoms with Gasteiger partial charge in [0.1, 0.15) is 0 Å². The van der Waals surface area contributed by atoms with Crippen molar-refractivity contribution in [1.82, 2.24) is 0 Å². The molecule has 0 heterocycles. The molecule has 0 fully saturated rings. The van der Waals surface area contributed by atoms with E-state index in [1.807, 2.05) is 0 Å². The molecule has 0 aliphatic carbocycles. The summed E-state index contributed by atoms with van der Waals surface area (Å²) in [6.07, 6.45) is 0. The van der Waals surface area contributed by atoms with Crippen LogP contribution in [-0.2, 0) is 56.0 Å². The normalized spacial score (nSPS) is 11.4. The van der Waals surface area contributed by atoms with Crippen LogP contribution in [0.25, 0.3) is 0 Å². The molecule has 0 aromatic rings. The molecule has 0 bridgehead atoms. The molecule has 0 N–H and O–H groups in total. The van der Waals surface area contributed by atoms with E-state index >= 15 is 0 Å². The fourth-order valence-electron chi connectivity index (χ4n) is 0.0994. The van der Waals surface area contributed by atoms with Crippen LogP contribution in [-0.4, -0.2) is 0 Å². The molecule has 0 aliphatic heterocycles. The smallest absolute Gasteiger partial charge is 0.789 e. The third kappa shape index (κ3) is 19.7. The maximum absolute atomic E-state index is 9.69. The first kappa shape index (κ1) is 21.5. The predicted molar refractivity (Wildman–Crippen MR) is 32.6 cm³/mol. The molecule has 0 aromatic carbocycles. The Bertz CT molecular complexity index is 195. The molecular formula is O8P2S2Zn2. The van der Waals surface area contributed by atoms with E-state index in [0.29, 0.717) is 0 Å². The van der Waals surface area contributed by atoms with Crippen LogP contribution in [0.2, 0.25) is 0 Å². The van der Waals surface area contributed by atoms with Crippen molar-refractivity contribution in [3.05, 3.63) is 0 Å². The van der Waals surface area contributed by atoms with Gasteiger partial charge in [0.25, 0.3) is 0 Å². The molecule has 0 aliphatic rings. The van der Waals surface area contributed by atoms with Gasteiger partial charge in [0.05, 0.1) is 37.8 Å². The second-order valence-electron chi connectivity index (χ2n) is 1.18. The number of hydrogen-bond donors (Lipinski definition) is 0. The van der Waals surface area contributed by atoms with E-state index in [1.165, 1.54) is 0 Å². The minimum absolute atomic E-state index is 0. The van der Waals surface area contributed by atoms with Gasteiger partial charge in [-0.2, -0.15) is 0 Å². The Hall–Kier alpha value is 2.17. The summed E-state index contributed by atoms with van der Waals surface area (Å²) < 4.78 is 26.2. The van der Waals surface area contributed by atoms with Crippen LogP contribution in [0.1, 0.15) is 0 Å². The fourth-order valence-corrected chi connectivity index (χ4v) is 2.68. The van der Waals surface area contributed by atoms with Gasteiger partial charge in [-0.25, -0.2) is 0 Å². The van der Waals surface area contributed by atoms with E-state index in [2.05, 4.69) is 7.94 Å². The van der Waals surface area contributed by atoms with Crippen LogP contribution in [0.3, 0.4) is 0 Å². The average Bonchev–Trinajstić information content (AvgIpc) is 1.76. The standard InChI is InChI=1S/H4O8P2S2.2Zn/c1-9(2,3)7-11-12-8-10(4,5)6;;/h(H2,1,2,3)(H2,4,5,6);;/q;2*+2/p-4. The van der Waals surface area contributed by atoms with Crippen LogP contribution < -0.4 is 19.6 Å². The Kier molecular flexibility index (Phi) is 14.1. The Balaban J connectivity index is -0.000000605. The first-order chi connectivity index (χ1) is 5.21. The molecule has 0 saturated heterocycles. The minimum atomic E-state index is -5.18. The molecule has 74 valence electrons. The van der Waals surface area contributed by atoms with Crippen molar-refractivity contribution in [3.63, 3.8) is 0 Å². The van der Waals surface area contributed by atoms with Gasteiger partial charge in [0.15, 0.2) is 0 Å². The summed E-state index contributed by atoms with van der Waals surface area (Å²) in [7, 11) is -10.4. The molecular weight excluding hydrogens is 385 g/mol. The predicted octanol–water partition coefficient (Wildman–Crippen LogP) is -2.12. The molecule has 0 amide bonds. The maximum atomic E-state index is 9.69. The SMILES string of the molecule is O=P([O-])([O-])OSSOP(=O)([O-])[O-].[Zn+2].[Zn+2]. The van der Waals surface area contributed by atoms with Gasteiger partial charge >= 0.3 is 39.0 Å². The van der Waals surface area contributed by atoms with E-state index in [1.54, 1.807) is 0 Å². The van der Waals surface area contributed by atoms with Gasteiger partial charge in [-0.15, -0.1) is 0 Å². The molecule has 0 aromatic heterocycles. The Morgan fingerprint density at radius 2 is 1.00 bits per heavy atom. The quantitative estimate of drug-likeness (QED) is 0.169. The zero-order valence-electron chi connectivity index (χ0n) is 6.39. The fraction of sp³-hybridized carbons (Fsp3) is 0. The van der Waals surface area contributed by atoms with Crippen LogP contribution in [0.15, 0.2) is 0 Å². The number of hydrogen-bond acceptors (Lipinski definition) is 10. The Labute approximate surface area is 113 Å². The second kappa shape index (κ2) is 9.22. The summed E-state index contributed by atoms with van der Waals surface area (Å²) in [5.74, 6) is 0. The minimum Gasteiger partial charge on any atom is -0.789 e. The molecule has 0 rings (SSSR count). The Morgan fingerprint density at radius 3 is 1.14 bits per heavy atom. The summed E-state index contributed by atoms with van der Waals surface area (Å²) in [5.41, 5.74) is 0. The van der Waals surface area contributed by atoms with E-state index < -0.39 is 15.6 Å². The van der Waals surface area contributed by atoms with Gasteiger partial charge in [0, 0.05) is 0 Å². The molecule has 0 atom stereocenters. The van der Waals surface area contributed by atoms with Crippen LogP contribution in [0.4, 0.5) is 0 Å². The summed E-state index contributed by atoms with van der Waals surface area (Å²) in [6.45, 7) is 0. The van der Waals surface area contributed by atoms with Crippen LogP contribution in [0.5, 0.6) is 0 Å². The van der Waals surface area contributed by atoms with Crippen molar-refractivity contribution in [2.24, 2.45) is 0 Å². The third-order valence-electron chi connectivity index (χ3n) is 0.271. The van der Waals surface area contributed by atoms with Gasteiger partial charge in [-0.3, -0.25) is 7.94 Å². The molecule has 0 spiro atoms. The average molecular weight is 385 g/mol. The van der Waals surface area contributed by atoms with Crippen molar-refractivity contribution < 1.29 is 75.6 Å². The summed E-state index contributed by atoms with van der Waals surface area (Å²) in [4.78, 5) is 38.8. The molecule has 14 heavy (non-hydrogen) atoms.